The molecule has 0 aliphatic rings. The SMILES string of the molecule is CC(C)n1cnnc1-c1cc(N)cc(N)c1. The molecule has 16 heavy (non-hydrogen) atoms. The highest BCUT2D eigenvalue weighted by Gasteiger charge is 2.10. The van der Waals surface area contributed by atoms with Crippen molar-refractivity contribution in [1.29, 1.82) is 0 Å². The molecule has 0 amide bonds. The van der Waals surface area contributed by atoms with Crippen molar-refractivity contribution in [2.45, 2.75) is 19.9 Å². The van der Waals surface area contributed by atoms with E-state index in [-0.39, 0.29) is 0 Å². The average Bonchev–Trinajstić information content (AvgIpc) is 2.63. The second kappa shape index (κ2) is 3.84. The Balaban J connectivity index is 2.54. The summed E-state index contributed by atoms with van der Waals surface area (Å²) in [5.41, 5.74) is 13.7. The summed E-state index contributed by atoms with van der Waals surface area (Å²) in [4.78, 5) is 0. The van der Waals surface area contributed by atoms with Gasteiger partial charge in [-0.1, -0.05) is 0 Å². The van der Waals surface area contributed by atoms with Crippen LogP contribution in [0.5, 0.6) is 0 Å². The Bertz CT molecular complexity index is 481. The number of nitrogens with zero attached hydrogens (tertiary/aromatic N) is 3. The van der Waals surface area contributed by atoms with Gasteiger partial charge in [-0.05, 0) is 32.0 Å². The number of rotatable bonds is 2. The number of nitrogen functional groups attached to an aromatic ring is 2. The van der Waals surface area contributed by atoms with Gasteiger partial charge in [0.1, 0.15) is 6.33 Å². The Morgan fingerprint density at radius 1 is 1.12 bits per heavy atom. The summed E-state index contributed by atoms with van der Waals surface area (Å²) in [6.07, 6.45) is 1.71. The highest BCUT2D eigenvalue weighted by atomic mass is 15.3. The van der Waals surface area contributed by atoms with Crippen LogP contribution in [-0.2, 0) is 0 Å². The van der Waals surface area contributed by atoms with Crippen LogP contribution in [-0.4, -0.2) is 14.8 Å². The Morgan fingerprint density at radius 3 is 2.31 bits per heavy atom. The van der Waals surface area contributed by atoms with E-state index < -0.39 is 0 Å². The molecule has 2 aromatic rings. The third kappa shape index (κ3) is 1.84. The van der Waals surface area contributed by atoms with Crippen molar-refractivity contribution in [3.63, 3.8) is 0 Å². The maximum Gasteiger partial charge on any atom is 0.164 e. The highest BCUT2D eigenvalue weighted by molar-refractivity contribution is 5.68. The van der Waals surface area contributed by atoms with Crippen LogP contribution in [0.1, 0.15) is 19.9 Å². The van der Waals surface area contributed by atoms with E-state index >= 15 is 0 Å². The largest absolute Gasteiger partial charge is 0.399 e. The molecular formula is C11H15N5. The molecule has 0 atom stereocenters. The normalized spacial score (nSPS) is 10.9. The third-order valence-electron chi connectivity index (χ3n) is 2.37. The van der Waals surface area contributed by atoms with Crippen molar-refractivity contribution in [3.8, 4) is 11.4 Å². The predicted molar refractivity (Wildman–Crippen MR) is 64.7 cm³/mol. The van der Waals surface area contributed by atoms with Crippen molar-refractivity contribution < 1.29 is 0 Å². The van der Waals surface area contributed by atoms with E-state index in [1.54, 1.807) is 12.4 Å². The number of benzene rings is 1. The summed E-state index contributed by atoms with van der Waals surface area (Å²) < 4.78 is 1.98. The van der Waals surface area contributed by atoms with Gasteiger partial charge < -0.3 is 16.0 Å². The fraction of sp³-hybridized carbons (Fsp3) is 0.273. The van der Waals surface area contributed by atoms with Gasteiger partial charge in [0.15, 0.2) is 5.82 Å². The van der Waals surface area contributed by atoms with Crippen molar-refractivity contribution in [1.82, 2.24) is 14.8 Å². The minimum Gasteiger partial charge on any atom is -0.399 e. The van der Waals surface area contributed by atoms with Crippen LogP contribution in [0.15, 0.2) is 24.5 Å². The van der Waals surface area contributed by atoms with Gasteiger partial charge in [-0.2, -0.15) is 0 Å². The number of hydrogen-bond donors (Lipinski definition) is 2. The zero-order valence-corrected chi connectivity index (χ0v) is 9.38. The molecule has 0 bridgehead atoms. The summed E-state index contributed by atoms with van der Waals surface area (Å²) in [6, 6.07) is 5.71. The number of hydrogen-bond acceptors (Lipinski definition) is 4. The Morgan fingerprint density at radius 2 is 1.75 bits per heavy atom. The fourth-order valence-corrected chi connectivity index (χ4v) is 1.63. The second-order valence-corrected chi connectivity index (χ2v) is 4.04. The lowest BCUT2D eigenvalue weighted by Gasteiger charge is -2.10. The topological polar surface area (TPSA) is 82.8 Å². The first-order chi connectivity index (χ1) is 7.58. The molecule has 1 aromatic heterocycles. The van der Waals surface area contributed by atoms with E-state index in [1.807, 2.05) is 16.7 Å². The molecule has 0 spiro atoms. The van der Waals surface area contributed by atoms with Crippen LogP contribution in [0.25, 0.3) is 11.4 Å². The minimum atomic E-state index is 0.299. The van der Waals surface area contributed by atoms with Crippen LogP contribution < -0.4 is 11.5 Å². The van der Waals surface area contributed by atoms with Gasteiger partial charge in [0.2, 0.25) is 0 Å². The van der Waals surface area contributed by atoms with Crippen LogP contribution in [0.3, 0.4) is 0 Å². The lowest BCUT2D eigenvalue weighted by Crippen LogP contribution is -2.02. The van der Waals surface area contributed by atoms with Crippen LogP contribution in [0.2, 0.25) is 0 Å². The first-order valence-electron chi connectivity index (χ1n) is 5.14. The van der Waals surface area contributed by atoms with E-state index in [2.05, 4.69) is 24.0 Å². The third-order valence-corrected chi connectivity index (χ3v) is 2.37. The molecule has 2 rings (SSSR count). The first kappa shape index (κ1) is 10.5. The Hall–Kier alpha value is -2.04. The molecule has 0 aliphatic heterocycles. The molecule has 4 N–H and O–H groups in total. The standard InChI is InChI=1S/C11H15N5/c1-7(2)16-6-14-15-11(16)8-3-9(12)5-10(13)4-8/h3-7H,12-13H2,1-2H3. The van der Waals surface area contributed by atoms with Crippen LogP contribution in [0.4, 0.5) is 11.4 Å². The second-order valence-electron chi connectivity index (χ2n) is 4.04. The lowest BCUT2D eigenvalue weighted by molar-refractivity contribution is 0.604. The smallest absolute Gasteiger partial charge is 0.164 e. The summed E-state index contributed by atoms with van der Waals surface area (Å²) in [5, 5.41) is 8.00. The summed E-state index contributed by atoms with van der Waals surface area (Å²) in [6.45, 7) is 4.14. The van der Waals surface area contributed by atoms with Gasteiger partial charge in [0.25, 0.3) is 0 Å². The highest BCUT2D eigenvalue weighted by Crippen LogP contribution is 2.24. The van der Waals surface area contributed by atoms with Gasteiger partial charge in [-0.3, -0.25) is 0 Å². The molecule has 5 nitrogen and oxygen atoms in total. The van der Waals surface area contributed by atoms with E-state index in [1.165, 1.54) is 0 Å². The first-order valence-corrected chi connectivity index (χ1v) is 5.14. The molecule has 0 unspecified atom stereocenters. The average molecular weight is 217 g/mol. The fourth-order valence-electron chi connectivity index (χ4n) is 1.63. The molecular weight excluding hydrogens is 202 g/mol. The monoisotopic (exact) mass is 217 g/mol. The molecule has 84 valence electrons. The molecule has 1 heterocycles. The number of nitrogens with two attached hydrogens (primary N) is 2. The van der Waals surface area contributed by atoms with Gasteiger partial charge in [-0.25, -0.2) is 0 Å². The molecule has 0 saturated carbocycles. The summed E-state index contributed by atoms with van der Waals surface area (Å²) in [5.74, 6) is 0.786. The molecule has 5 heteroatoms. The molecule has 0 aliphatic carbocycles. The van der Waals surface area contributed by atoms with Crippen molar-refractivity contribution in [2.24, 2.45) is 0 Å². The van der Waals surface area contributed by atoms with Crippen molar-refractivity contribution >= 4 is 11.4 Å². The minimum absolute atomic E-state index is 0.299. The van der Waals surface area contributed by atoms with Gasteiger partial charge in [0.05, 0.1) is 0 Å². The quantitative estimate of drug-likeness (QED) is 0.750. The number of anilines is 2. The molecule has 0 saturated heterocycles. The molecule has 0 fully saturated rings. The predicted octanol–water partition coefficient (Wildman–Crippen LogP) is 1.69. The zero-order chi connectivity index (χ0) is 11.7. The van der Waals surface area contributed by atoms with E-state index in [0.717, 1.165) is 11.4 Å². The van der Waals surface area contributed by atoms with E-state index in [0.29, 0.717) is 17.4 Å². The maximum absolute atomic E-state index is 5.75. The van der Waals surface area contributed by atoms with Crippen molar-refractivity contribution in [3.05, 3.63) is 24.5 Å². The zero-order valence-electron chi connectivity index (χ0n) is 9.38. The summed E-state index contributed by atoms with van der Waals surface area (Å²) >= 11 is 0. The van der Waals surface area contributed by atoms with Crippen LogP contribution >= 0.6 is 0 Å². The van der Waals surface area contributed by atoms with Gasteiger partial charge in [0, 0.05) is 23.0 Å². The molecule has 1 aromatic carbocycles. The molecule has 0 radical (unpaired) electrons. The maximum atomic E-state index is 5.75. The Kier molecular flexibility index (Phi) is 2.52. The number of aromatic nitrogens is 3. The van der Waals surface area contributed by atoms with E-state index in [9.17, 15) is 0 Å². The van der Waals surface area contributed by atoms with Gasteiger partial charge >= 0.3 is 0 Å². The Labute approximate surface area is 94.1 Å². The van der Waals surface area contributed by atoms with Gasteiger partial charge in [-0.15, -0.1) is 10.2 Å². The lowest BCUT2D eigenvalue weighted by atomic mass is 10.1. The van der Waals surface area contributed by atoms with E-state index in [4.69, 9.17) is 11.5 Å². The summed E-state index contributed by atoms with van der Waals surface area (Å²) in [7, 11) is 0. The van der Waals surface area contributed by atoms with Crippen LogP contribution in [0, 0.1) is 0 Å². The van der Waals surface area contributed by atoms with Crippen molar-refractivity contribution in [2.75, 3.05) is 11.5 Å².